The maximum atomic E-state index is 14.0. The smallest absolute Gasteiger partial charge is 0.259 e. The number of rotatable bonds is 5. The number of hydrogen-bond acceptors (Lipinski definition) is 11. The normalized spacial score (nSPS) is 14.8. The molecule has 2 aliphatic rings. The van der Waals surface area contributed by atoms with E-state index >= 15 is 0 Å². The number of aromatic nitrogens is 5. The number of halogens is 1. The van der Waals surface area contributed by atoms with Gasteiger partial charge in [0.2, 0.25) is 0 Å². The van der Waals surface area contributed by atoms with E-state index < -0.39 is 5.82 Å². The molecule has 0 amide bonds. The monoisotopic (exact) mass is 731 g/mol. The third kappa shape index (κ3) is 7.20. The van der Waals surface area contributed by atoms with Gasteiger partial charge in [0.15, 0.2) is 11.6 Å². The van der Waals surface area contributed by atoms with Crippen molar-refractivity contribution in [2.24, 2.45) is 0 Å². The van der Waals surface area contributed by atoms with E-state index in [1.165, 1.54) is 17.6 Å². The van der Waals surface area contributed by atoms with Crippen LogP contribution in [0.1, 0.15) is 5.01 Å². The van der Waals surface area contributed by atoms with E-state index in [1.54, 1.807) is 52.3 Å². The van der Waals surface area contributed by atoms with Crippen molar-refractivity contribution < 1.29 is 9.13 Å². The van der Waals surface area contributed by atoms with Gasteiger partial charge in [-0.1, -0.05) is 12.1 Å². The number of methoxy groups -OCH3 is 1. The predicted octanol–water partition coefficient (Wildman–Crippen LogP) is 4.61. The number of nitrogens with one attached hydrogen (secondary N) is 2. The summed E-state index contributed by atoms with van der Waals surface area (Å²) in [7, 11) is 1.43. The van der Waals surface area contributed by atoms with E-state index in [0.29, 0.717) is 28.4 Å². The first-order chi connectivity index (χ1) is 25.8. The summed E-state index contributed by atoms with van der Waals surface area (Å²) in [5.41, 5.74) is 6.11. The van der Waals surface area contributed by atoms with Crippen LogP contribution in [0.4, 0.5) is 15.9 Å². The molecule has 0 bridgehead atoms. The lowest BCUT2D eigenvalue weighted by molar-refractivity contribution is 0.386. The van der Waals surface area contributed by atoms with Gasteiger partial charge in [0.05, 0.1) is 33.7 Å². The molecule has 2 aromatic carbocycles. The highest BCUT2D eigenvalue weighted by molar-refractivity contribution is 7.18. The van der Waals surface area contributed by atoms with Gasteiger partial charge in [-0.25, -0.2) is 19.3 Å². The molecule has 7 aromatic rings. The summed E-state index contributed by atoms with van der Waals surface area (Å²) in [5, 5.41) is 7.67. The first kappa shape index (κ1) is 34.4. The van der Waals surface area contributed by atoms with Crippen LogP contribution in [0.25, 0.3) is 43.9 Å². The number of hydrogen-bond donors (Lipinski definition) is 2. The number of thiazole rings is 1. The maximum absolute atomic E-state index is 14.0. The van der Waals surface area contributed by atoms with Gasteiger partial charge in [-0.3, -0.25) is 18.4 Å². The van der Waals surface area contributed by atoms with E-state index in [2.05, 4.69) is 36.5 Å². The van der Waals surface area contributed by atoms with Crippen LogP contribution in [-0.4, -0.2) is 83.2 Å². The summed E-state index contributed by atoms with van der Waals surface area (Å²) in [6, 6.07) is 21.5. The Bertz CT molecular complexity index is 2580. The van der Waals surface area contributed by atoms with Crippen molar-refractivity contribution in [2.45, 2.75) is 6.92 Å². The van der Waals surface area contributed by atoms with Crippen molar-refractivity contribution >= 4 is 44.4 Å². The van der Waals surface area contributed by atoms with E-state index in [9.17, 15) is 14.0 Å². The molecule has 0 aliphatic carbocycles. The first-order valence-corrected chi connectivity index (χ1v) is 18.3. The van der Waals surface area contributed by atoms with Gasteiger partial charge in [-0.05, 0) is 66.6 Å². The molecule has 270 valence electrons. The Hall–Kier alpha value is -5.70. The summed E-state index contributed by atoms with van der Waals surface area (Å²) in [6.07, 6.45) is 3.59. The molecule has 5 aromatic heterocycles. The standard InChI is InChI=1S/C20H19N5OS.C19H19FN4O2/c1-13-22-16-4-2-14(10-18(16)27-13)17-11-20(26)25-12-15(3-5-19(25)23-17)24-8-6-21-7-9-24;1-26-16-4-2-13(10-15(16)20)14-3-5-17-22-18(11-19(25)24(17)12-14)23-8-6-21-7-9-23/h2-5,10-12,21H,6-9H2,1H3;2-5,10-12,21H,6-9H2,1H3. The summed E-state index contributed by atoms with van der Waals surface area (Å²) in [4.78, 5) is 43.5. The third-order valence-corrected chi connectivity index (χ3v) is 10.4. The highest BCUT2D eigenvalue weighted by Gasteiger charge is 2.15. The molecule has 0 atom stereocenters. The van der Waals surface area contributed by atoms with Crippen LogP contribution in [0, 0.1) is 12.7 Å². The van der Waals surface area contributed by atoms with Crippen LogP contribution in [0.5, 0.6) is 5.75 Å². The molecule has 14 heteroatoms. The summed E-state index contributed by atoms with van der Waals surface area (Å²) < 4.78 is 23.2. The van der Waals surface area contributed by atoms with Gasteiger partial charge in [-0.15, -0.1) is 11.3 Å². The number of ether oxygens (including phenoxy) is 1. The molecule has 53 heavy (non-hydrogen) atoms. The van der Waals surface area contributed by atoms with E-state index in [1.807, 2.05) is 43.5 Å². The summed E-state index contributed by atoms with van der Waals surface area (Å²) in [5.74, 6) is 0.443. The largest absolute Gasteiger partial charge is 0.494 e. The molecule has 2 N–H and O–H groups in total. The molecule has 2 saturated heterocycles. The molecular weight excluding hydrogens is 694 g/mol. The zero-order valence-electron chi connectivity index (χ0n) is 29.4. The van der Waals surface area contributed by atoms with Crippen LogP contribution >= 0.6 is 11.3 Å². The van der Waals surface area contributed by atoms with Crippen LogP contribution < -0.4 is 36.3 Å². The number of pyridine rings is 2. The molecule has 12 nitrogen and oxygen atoms in total. The second-order valence-electron chi connectivity index (χ2n) is 12.9. The molecule has 2 aliphatic heterocycles. The molecule has 7 heterocycles. The number of nitrogens with zero attached hydrogens (tertiary/aromatic N) is 7. The average molecular weight is 732 g/mol. The first-order valence-electron chi connectivity index (χ1n) is 17.5. The van der Waals surface area contributed by atoms with Crippen LogP contribution in [0.2, 0.25) is 0 Å². The fourth-order valence-electron chi connectivity index (χ4n) is 6.71. The van der Waals surface area contributed by atoms with Crippen LogP contribution in [0.3, 0.4) is 0 Å². The topological polar surface area (TPSA) is 121 Å². The van der Waals surface area contributed by atoms with Crippen molar-refractivity contribution in [3.8, 4) is 28.1 Å². The minimum atomic E-state index is -0.440. The van der Waals surface area contributed by atoms with E-state index in [-0.39, 0.29) is 16.9 Å². The Kier molecular flexibility index (Phi) is 9.56. The molecule has 0 radical (unpaired) electrons. The molecule has 9 rings (SSSR count). The van der Waals surface area contributed by atoms with Crippen molar-refractivity contribution in [1.29, 1.82) is 0 Å². The average Bonchev–Trinajstić information content (AvgIpc) is 3.58. The third-order valence-electron chi connectivity index (χ3n) is 9.49. The fraction of sp³-hybridized carbons (Fsp3) is 0.256. The van der Waals surface area contributed by atoms with Gasteiger partial charge in [-0.2, -0.15) is 0 Å². The number of aryl methyl sites for hydroxylation is 1. The molecular formula is C39H38FN9O3S. The number of piperazine rings is 2. The summed E-state index contributed by atoms with van der Waals surface area (Å²) in [6.45, 7) is 9.22. The predicted molar refractivity (Wildman–Crippen MR) is 208 cm³/mol. The van der Waals surface area contributed by atoms with Gasteiger partial charge in [0, 0.05) is 82.4 Å². The fourth-order valence-corrected chi connectivity index (χ4v) is 7.58. The van der Waals surface area contributed by atoms with Gasteiger partial charge in [0.25, 0.3) is 11.1 Å². The Morgan fingerprint density at radius 2 is 1.36 bits per heavy atom. The molecule has 0 saturated carbocycles. The Morgan fingerprint density at radius 1 is 0.698 bits per heavy atom. The van der Waals surface area contributed by atoms with Gasteiger partial charge >= 0.3 is 0 Å². The van der Waals surface area contributed by atoms with Crippen LogP contribution in [-0.2, 0) is 0 Å². The number of fused-ring (bicyclic) bond motifs is 3. The molecule has 0 unspecified atom stereocenters. The minimum absolute atomic E-state index is 0.0624. The quantitative estimate of drug-likeness (QED) is 0.260. The Morgan fingerprint density at radius 3 is 2.11 bits per heavy atom. The van der Waals surface area contributed by atoms with Crippen molar-refractivity contribution in [2.75, 3.05) is 69.3 Å². The Balaban J connectivity index is 0.000000151. The lowest BCUT2D eigenvalue weighted by Crippen LogP contribution is -2.44. The van der Waals surface area contributed by atoms with Crippen molar-refractivity contribution in [3.05, 3.63) is 117 Å². The second-order valence-corrected chi connectivity index (χ2v) is 14.2. The van der Waals surface area contributed by atoms with E-state index in [4.69, 9.17) is 9.72 Å². The maximum Gasteiger partial charge on any atom is 0.259 e. The zero-order chi connectivity index (χ0) is 36.5. The van der Waals surface area contributed by atoms with E-state index in [0.717, 1.165) is 84.4 Å². The Labute approximate surface area is 308 Å². The molecule has 0 spiro atoms. The second kappa shape index (κ2) is 14.7. The van der Waals surface area contributed by atoms with Crippen molar-refractivity contribution in [1.82, 2.24) is 34.4 Å². The lowest BCUT2D eigenvalue weighted by Gasteiger charge is -2.29. The zero-order valence-corrected chi connectivity index (χ0v) is 30.2. The summed E-state index contributed by atoms with van der Waals surface area (Å²) >= 11 is 1.65. The van der Waals surface area contributed by atoms with Crippen LogP contribution in [0.15, 0.2) is 94.8 Å². The van der Waals surface area contributed by atoms with Gasteiger partial charge in [0.1, 0.15) is 17.1 Å². The van der Waals surface area contributed by atoms with Gasteiger partial charge < -0.3 is 25.2 Å². The minimum Gasteiger partial charge on any atom is -0.494 e. The molecule has 2 fully saturated rings. The SMILES string of the molecule is COc1ccc(-c2ccc3nc(N4CCNCC4)cc(=O)n3c2)cc1F.Cc1nc2ccc(-c3cc(=O)n4cc(N5CCNCC5)ccc4n3)cc2s1. The number of anilines is 2. The lowest BCUT2D eigenvalue weighted by atomic mass is 10.1. The highest BCUT2D eigenvalue weighted by atomic mass is 32.1. The number of benzene rings is 2. The highest BCUT2D eigenvalue weighted by Crippen LogP contribution is 2.28. The van der Waals surface area contributed by atoms with Crippen molar-refractivity contribution in [3.63, 3.8) is 0 Å².